The van der Waals surface area contributed by atoms with E-state index in [1.165, 1.54) is 24.6 Å². The highest BCUT2D eigenvalue weighted by molar-refractivity contribution is 7.99. The van der Waals surface area contributed by atoms with E-state index in [-0.39, 0.29) is 17.7 Å². The molecule has 1 saturated heterocycles. The number of carbonyl (C=O) groups excluding carboxylic acids is 2. The van der Waals surface area contributed by atoms with E-state index in [1.54, 1.807) is 11.7 Å². The monoisotopic (exact) mass is 338 g/mol. The molecule has 0 bridgehead atoms. The molecule has 0 spiro atoms. The van der Waals surface area contributed by atoms with Gasteiger partial charge in [0.15, 0.2) is 0 Å². The summed E-state index contributed by atoms with van der Waals surface area (Å²) in [6, 6.07) is 0.360. The van der Waals surface area contributed by atoms with Crippen molar-refractivity contribution < 1.29 is 9.59 Å². The van der Waals surface area contributed by atoms with E-state index in [4.69, 9.17) is 0 Å². The van der Waals surface area contributed by atoms with Crippen molar-refractivity contribution in [1.82, 2.24) is 30.4 Å². The smallest absolute Gasteiger partial charge is 0.225 e. The van der Waals surface area contributed by atoms with Crippen LogP contribution in [-0.2, 0) is 16.6 Å². The third-order valence-corrected chi connectivity index (χ3v) is 5.52. The number of tetrazole rings is 1. The zero-order chi connectivity index (χ0) is 16.2. The molecule has 2 amide bonds. The number of likely N-dealkylation sites (tertiary alicyclic amines) is 1. The van der Waals surface area contributed by atoms with Gasteiger partial charge in [0.05, 0.1) is 5.92 Å². The molecule has 0 unspecified atom stereocenters. The molecule has 1 N–H and O–H groups in total. The van der Waals surface area contributed by atoms with Crippen LogP contribution in [0.4, 0.5) is 0 Å². The number of hydrogen-bond donors (Lipinski definition) is 1. The number of aromatic nitrogens is 4. The molecule has 3 rings (SSSR count). The Bertz CT molecular complexity index is 571. The lowest BCUT2D eigenvalue weighted by atomic mass is 10.1. The molecule has 2 fully saturated rings. The van der Waals surface area contributed by atoms with E-state index in [1.807, 2.05) is 4.90 Å². The quantitative estimate of drug-likeness (QED) is 0.589. The Morgan fingerprint density at radius 1 is 1.39 bits per heavy atom. The van der Waals surface area contributed by atoms with Crippen LogP contribution in [0, 0.1) is 5.92 Å². The van der Waals surface area contributed by atoms with Gasteiger partial charge >= 0.3 is 0 Å². The minimum atomic E-state index is -0.204. The Balaban J connectivity index is 1.40. The summed E-state index contributed by atoms with van der Waals surface area (Å²) in [6.45, 7) is 1.13. The topological polar surface area (TPSA) is 93.0 Å². The minimum Gasteiger partial charge on any atom is -0.355 e. The van der Waals surface area contributed by atoms with Crippen LogP contribution in [-0.4, -0.2) is 61.8 Å². The number of amides is 2. The van der Waals surface area contributed by atoms with Crippen molar-refractivity contribution in [1.29, 1.82) is 0 Å². The van der Waals surface area contributed by atoms with Crippen molar-refractivity contribution in [3.63, 3.8) is 0 Å². The molecule has 23 heavy (non-hydrogen) atoms. The van der Waals surface area contributed by atoms with Crippen LogP contribution in [0.2, 0.25) is 0 Å². The zero-order valence-corrected chi connectivity index (χ0v) is 14.1. The first-order valence-corrected chi connectivity index (χ1v) is 9.06. The summed E-state index contributed by atoms with van der Waals surface area (Å²) in [4.78, 5) is 26.3. The molecule has 8 nitrogen and oxygen atoms in total. The van der Waals surface area contributed by atoms with Gasteiger partial charge in [-0.25, -0.2) is 4.68 Å². The fraction of sp³-hybridized carbons (Fsp3) is 0.786. The second-order valence-corrected chi connectivity index (χ2v) is 7.17. The fourth-order valence-corrected chi connectivity index (χ4v) is 3.98. The van der Waals surface area contributed by atoms with Gasteiger partial charge in [0.25, 0.3) is 0 Å². The predicted molar refractivity (Wildman–Crippen MR) is 84.6 cm³/mol. The summed E-state index contributed by atoms with van der Waals surface area (Å²) in [7, 11) is 1.78. The number of thioether (sulfide) groups is 1. The van der Waals surface area contributed by atoms with Crippen molar-refractivity contribution in [3.8, 4) is 0 Å². The highest BCUT2D eigenvalue weighted by atomic mass is 32.2. The molecular weight excluding hydrogens is 316 g/mol. The van der Waals surface area contributed by atoms with Crippen molar-refractivity contribution in [2.75, 3.05) is 18.8 Å². The normalized spacial score (nSPS) is 22.0. The Hall–Kier alpha value is -1.64. The van der Waals surface area contributed by atoms with Gasteiger partial charge in [-0.05, 0) is 23.3 Å². The van der Waals surface area contributed by atoms with E-state index in [2.05, 4.69) is 20.8 Å². The molecule has 0 aromatic carbocycles. The van der Waals surface area contributed by atoms with Crippen molar-refractivity contribution >= 4 is 23.6 Å². The molecule has 9 heteroatoms. The van der Waals surface area contributed by atoms with Gasteiger partial charge in [0.1, 0.15) is 0 Å². The zero-order valence-electron chi connectivity index (χ0n) is 13.3. The number of nitrogens with one attached hydrogen (secondary N) is 1. The Labute approximate surface area is 139 Å². The predicted octanol–water partition coefficient (Wildman–Crippen LogP) is 0.210. The van der Waals surface area contributed by atoms with Crippen LogP contribution in [0.25, 0.3) is 0 Å². The highest BCUT2D eigenvalue weighted by Gasteiger charge is 2.38. The molecular formula is C14H22N6O2S. The minimum absolute atomic E-state index is 0.0180. The summed E-state index contributed by atoms with van der Waals surface area (Å²) in [5.74, 6) is 0.615. The number of hydrogen-bond acceptors (Lipinski definition) is 6. The summed E-state index contributed by atoms with van der Waals surface area (Å²) in [6.07, 6.45) is 4.91. The summed E-state index contributed by atoms with van der Waals surface area (Å²) in [5.41, 5.74) is 0. The molecule has 1 saturated carbocycles. The number of aryl methyl sites for hydroxylation is 1. The van der Waals surface area contributed by atoms with Crippen LogP contribution in [0.1, 0.15) is 32.1 Å². The molecule has 2 aliphatic rings. The molecule has 126 valence electrons. The molecule has 2 heterocycles. The maximum Gasteiger partial charge on any atom is 0.225 e. The second kappa shape index (κ2) is 7.29. The van der Waals surface area contributed by atoms with Gasteiger partial charge in [-0.2, -0.15) is 0 Å². The van der Waals surface area contributed by atoms with Gasteiger partial charge in [0, 0.05) is 38.4 Å². The number of carbonyl (C=O) groups is 2. The summed E-state index contributed by atoms with van der Waals surface area (Å²) >= 11 is 1.49. The van der Waals surface area contributed by atoms with E-state index >= 15 is 0 Å². The second-order valence-electron chi connectivity index (χ2n) is 6.11. The Kier molecular flexibility index (Phi) is 5.14. The SMILES string of the molecule is Cn1nnnc1SCCNC(=O)[C@H]1CC(=O)N(C2CCCC2)C1. The fourth-order valence-electron chi connectivity index (χ4n) is 3.28. The molecule has 0 radical (unpaired) electrons. The molecule has 1 aliphatic heterocycles. The van der Waals surface area contributed by atoms with E-state index in [0.29, 0.717) is 31.3 Å². The van der Waals surface area contributed by atoms with E-state index in [9.17, 15) is 9.59 Å². The van der Waals surface area contributed by atoms with Crippen LogP contribution in [0.15, 0.2) is 5.16 Å². The van der Waals surface area contributed by atoms with Crippen LogP contribution >= 0.6 is 11.8 Å². The molecule has 1 aromatic rings. The van der Waals surface area contributed by atoms with Crippen molar-refractivity contribution in [3.05, 3.63) is 0 Å². The van der Waals surface area contributed by atoms with Crippen molar-refractivity contribution in [2.45, 2.75) is 43.3 Å². The van der Waals surface area contributed by atoms with Crippen LogP contribution in [0.5, 0.6) is 0 Å². The average molecular weight is 338 g/mol. The highest BCUT2D eigenvalue weighted by Crippen LogP contribution is 2.29. The molecule has 1 atom stereocenters. The van der Waals surface area contributed by atoms with E-state index in [0.717, 1.165) is 18.0 Å². The third kappa shape index (κ3) is 3.82. The molecule has 1 aromatic heterocycles. The summed E-state index contributed by atoms with van der Waals surface area (Å²) < 4.78 is 1.60. The third-order valence-electron chi connectivity index (χ3n) is 4.51. The van der Waals surface area contributed by atoms with Gasteiger partial charge in [-0.1, -0.05) is 24.6 Å². The maximum absolute atomic E-state index is 12.2. The number of nitrogens with zero attached hydrogens (tertiary/aromatic N) is 5. The number of rotatable bonds is 6. The largest absolute Gasteiger partial charge is 0.355 e. The van der Waals surface area contributed by atoms with Gasteiger partial charge in [-0.3, -0.25) is 9.59 Å². The van der Waals surface area contributed by atoms with Crippen LogP contribution in [0.3, 0.4) is 0 Å². The van der Waals surface area contributed by atoms with Gasteiger partial charge in [0.2, 0.25) is 17.0 Å². The maximum atomic E-state index is 12.2. The standard InChI is InChI=1S/C14H22N6O2S/c1-19-14(16-17-18-19)23-7-6-15-13(22)10-8-12(21)20(9-10)11-4-2-3-5-11/h10-11H,2-9H2,1H3,(H,15,22)/t10-/m0/s1. The van der Waals surface area contributed by atoms with E-state index < -0.39 is 0 Å². The van der Waals surface area contributed by atoms with Crippen LogP contribution < -0.4 is 5.32 Å². The summed E-state index contributed by atoms with van der Waals surface area (Å²) in [5, 5.41) is 14.8. The first-order chi connectivity index (χ1) is 11.1. The lowest BCUT2D eigenvalue weighted by molar-refractivity contribution is -0.130. The Morgan fingerprint density at radius 3 is 2.87 bits per heavy atom. The van der Waals surface area contributed by atoms with Gasteiger partial charge in [-0.15, -0.1) is 5.10 Å². The lowest BCUT2D eigenvalue weighted by Crippen LogP contribution is -2.37. The average Bonchev–Trinajstić information content (AvgIpc) is 3.25. The first kappa shape index (κ1) is 16.2. The Morgan fingerprint density at radius 2 is 2.17 bits per heavy atom. The van der Waals surface area contributed by atoms with Crippen molar-refractivity contribution in [2.24, 2.45) is 13.0 Å². The molecule has 1 aliphatic carbocycles. The first-order valence-electron chi connectivity index (χ1n) is 8.07. The van der Waals surface area contributed by atoms with Gasteiger partial charge < -0.3 is 10.2 Å². The lowest BCUT2D eigenvalue weighted by Gasteiger charge is -2.23.